The lowest BCUT2D eigenvalue weighted by Gasteiger charge is -2.12. The van der Waals surface area contributed by atoms with Gasteiger partial charge in [0.15, 0.2) is 0 Å². The zero-order chi connectivity index (χ0) is 14.8. The van der Waals surface area contributed by atoms with Crippen molar-refractivity contribution in [3.05, 3.63) is 18.2 Å². The fraction of sp³-hybridized carbons (Fsp3) is 0.462. The molecule has 1 rings (SSSR count). The van der Waals surface area contributed by atoms with Crippen molar-refractivity contribution in [2.45, 2.75) is 0 Å². The minimum atomic E-state index is -0.383. The summed E-state index contributed by atoms with van der Waals surface area (Å²) in [6.45, 7) is 1.01. The van der Waals surface area contributed by atoms with Crippen molar-refractivity contribution >= 4 is 11.7 Å². The molecule has 0 aliphatic carbocycles. The molecule has 7 heteroatoms. The van der Waals surface area contributed by atoms with Crippen LogP contribution < -0.4 is 20.1 Å². The van der Waals surface area contributed by atoms with E-state index in [1.807, 2.05) is 0 Å². The summed E-state index contributed by atoms with van der Waals surface area (Å²) < 4.78 is 20.2. The monoisotopic (exact) mass is 284 g/mol. The van der Waals surface area contributed by atoms with Crippen molar-refractivity contribution in [2.24, 2.45) is 0 Å². The van der Waals surface area contributed by atoms with Crippen LogP contribution in [-0.4, -0.2) is 47.3 Å². The number of anilines is 1. The summed E-state index contributed by atoms with van der Waals surface area (Å²) >= 11 is 0. The summed E-state index contributed by atoms with van der Waals surface area (Å²) in [6, 6.07) is 4.73. The number of carbonyl (C=O) groups is 1. The quantitative estimate of drug-likeness (QED) is 0.558. The van der Waals surface area contributed by atoms with E-state index in [-0.39, 0.29) is 12.8 Å². The topological polar surface area (TPSA) is 78.1 Å². The van der Waals surface area contributed by atoms with Crippen molar-refractivity contribution in [3.8, 4) is 11.5 Å². The zero-order valence-electron chi connectivity index (χ0n) is 11.9. The number of urea groups is 1. The third kappa shape index (κ3) is 5.33. The lowest BCUT2D eigenvalue weighted by molar-refractivity contribution is 0.0650. The Kier molecular flexibility index (Phi) is 7.23. The van der Waals surface area contributed by atoms with Gasteiger partial charge in [-0.15, -0.1) is 0 Å². The first kappa shape index (κ1) is 16.1. The van der Waals surface area contributed by atoms with Gasteiger partial charge in [-0.3, -0.25) is 0 Å². The second-order valence-electron chi connectivity index (χ2n) is 3.74. The highest BCUT2D eigenvalue weighted by Gasteiger charge is 2.08. The minimum absolute atomic E-state index is 0.105. The van der Waals surface area contributed by atoms with E-state index in [0.717, 1.165) is 0 Å². The molecule has 0 aliphatic heterocycles. The Bertz CT molecular complexity index is 425. The van der Waals surface area contributed by atoms with Crippen LogP contribution >= 0.6 is 0 Å². The number of carbonyl (C=O) groups excluding carboxylic acids is 1. The average Bonchev–Trinajstić information content (AvgIpc) is 2.47. The number of hydrogen-bond acceptors (Lipinski definition) is 5. The predicted molar refractivity (Wildman–Crippen MR) is 74.4 cm³/mol. The van der Waals surface area contributed by atoms with E-state index in [4.69, 9.17) is 18.9 Å². The zero-order valence-corrected chi connectivity index (χ0v) is 11.9. The summed E-state index contributed by atoms with van der Waals surface area (Å²) in [6.07, 6.45) is 0. The van der Waals surface area contributed by atoms with Crippen molar-refractivity contribution in [2.75, 3.05) is 46.6 Å². The third-order valence-corrected chi connectivity index (χ3v) is 2.42. The molecule has 0 atom stereocenters. The summed E-state index contributed by atoms with van der Waals surface area (Å²) in [5.41, 5.74) is 0.544. The van der Waals surface area contributed by atoms with Crippen molar-refractivity contribution < 1.29 is 23.7 Å². The Hall–Kier alpha value is -1.99. The molecule has 112 valence electrons. The molecule has 0 spiro atoms. The Morgan fingerprint density at radius 1 is 1.15 bits per heavy atom. The fourth-order valence-electron chi connectivity index (χ4n) is 1.40. The first-order valence-electron chi connectivity index (χ1n) is 6.04. The molecular weight excluding hydrogens is 264 g/mol. The number of nitrogens with one attached hydrogen (secondary N) is 2. The molecule has 20 heavy (non-hydrogen) atoms. The lowest BCUT2D eigenvalue weighted by atomic mass is 10.2. The number of rotatable bonds is 8. The van der Waals surface area contributed by atoms with E-state index in [2.05, 4.69) is 10.6 Å². The molecule has 1 aromatic carbocycles. The van der Waals surface area contributed by atoms with Gasteiger partial charge in [0.25, 0.3) is 0 Å². The lowest BCUT2D eigenvalue weighted by Crippen LogP contribution is -2.31. The van der Waals surface area contributed by atoms with Crippen LogP contribution in [0.2, 0.25) is 0 Å². The van der Waals surface area contributed by atoms with Crippen LogP contribution in [0, 0.1) is 0 Å². The summed E-state index contributed by atoms with van der Waals surface area (Å²) in [4.78, 5) is 11.6. The second-order valence-corrected chi connectivity index (χ2v) is 3.74. The normalized spacial score (nSPS) is 9.95. The SMILES string of the molecule is COCCOCNC(=O)Nc1ccc(OC)cc1OC. The van der Waals surface area contributed by atoms with Gasteiger partial charge in [0.2, 0.25) is 0 Å². The Morgan fingerprint density at radius 3 is 2.60 bits per heavy atom. The Balaban J connectivity index is 2.45. The maximum absolute atomic E-state index is 11.6. The highest BCUT2D eigenvalue weighted by molar-refractivity contribution is 5.90. The maximum Gasteiger partial charge on any atom is 0.321 e. The first-order chi connectivity index (χ1) is 9.71. The summed E-state index contributed by atoms with van der Waals surface area (Å²) in [7, 11) is 4.66. The number of benzene rings is 1. The molecule has 0 unspecified atom stereocenters. The average molecular weight is 284 g/mol. The van der Waals surface area contributed by atoms with Crippen LogP contribution in [0.1, 0.15) is 0 Å². The molecule has 0 bridgehead atoms. The van der Waals surface area contributed by atoms with Crippen molar-refractivity contribution in [1.29, 1.82) is 0 Å². The minimum Gasteiger partial charge on any atom is -0.497 e. The molecule has 2 N–H and O–H groups in total. The Morgan fingerprint density at radius 2 is 1.95 bits per heavy atom. The predicted octanol–water partition coefficient (Wildman–Crippen LogP) is 1.45. The van der Waals surface area contributed by atoms with Gasteiger partial charge in [0.1, 0.15) is 18.2 Å². The van der Waals surface area contributed by atoms with Gasteiger partial charge < -0.3 is 29.6 Å². The summed E-state index contributed by atoms with van der Waals surface area (Å²) in [5.74, 6) is 1.16. The largest absolute Gasteiger partial charge is 0.497 e. The van der Waals surface area contributed by atoms with Gasteiger partial charge in [-0.25, -0.2) is 4.79 Å². The van der Waals surface area contributed by atoms with E-state index in [1.165, 1.54) is 7.11 Å². The molecule has 7 nitrogen and oxygen atoms in total. The van der Waals surface area contributed by atoms with Gasteiger partial charge in [-0.05, 0) is 12.1 Å². The van der Waals surface area contributed by atoms with E-state index in [1.54, 1.807) is 32.4 Å². The fourth-order valence-corrected chi connectivity index (χ4v) is 1.40. The number of hydrogen-bond donors (Lipinski definition) is 2. The van der Waals surface area contributed by atoms with Crippen LogP contribution in [-0.2, 0) is 9.47 Å². The van der Waals surface area contributed by atoms with Crippen LogP contribution in [0.5, 0.6) is 11.5 Å². The van der Waals surface area contributed by atoms with Crippen molar-refractivity contribution in [1.82, 2.24) is 5.32 Å². The highest BCUT2D eigenvalue weighted by atomic mass is 16.5. The molecule has 0 heterocycles. The van der Waals surface area contributed by atoms with Crippen LogP contribution in [0.4, 0.5) is 10.5 Å². The van der Waals surface area contributed by atoms with Gasteiger partial charge in [0, 0.05) is 13.2 Å². The standard InChI is InChI=1S/C13H20N2O5/c1-17-6-7-20-9-14-13(16)15-11-5-4-10(18-2)8-12(11)19-3/h4-5,8H,6-7,9H2,1-3H3,(H2,14,15,16). The van der Waals surface area contributed by atoms with Gasteiger partial charge in [0.05, 0.1) is 33.1 Å². The highest BCUT2D eigenvalue weighted by Crippen LogP contribution is 2.28. The first-order valence-corrected chi connectivity index (χ1v) is 6.04. The van der Waals surface area contributed by atoms with Gasteiger partial charge in [-0.2, -0.15) is 0 Å². The number of amides is 2. The molecule has 0 saturated heterocycles. The van der Waals surface area contributed by atoms with E-state index < -0.39 is 0 Å². The molecule has 0 aliphatic rings. The van der Waals surface area contributed by atoms with E-state index >= 15 is 0 Å². The molecule has 0 radical (unpaired) electrons. The van der Waals surface area contributed by atoms with Crippen LogP contribution in [0.3, 0.4) is 0 Å². The molecule has 1 aromatic rings. The smallest absolute Gasteiger partial charge is 0.321 e. The number of methoxy groups -OCH3 is 3. The van der Waals surface area contributed by atoms with Crippen LogP contribution in [0.15, 0.2) is 18.2 Å². The third-order valence-electron chi connectivity index (χ3n) is 2.42. The molecule has 0 saturated carbocycles. The van der Waals surface area contributed by atoms with E-state index in [9.17, 15) is 4.79 Å². The molecule has 0 fully saturated rings. The van der Waals surface area contributed by atoms with Crippen LogP contribution in [0.25, 0.3) is 0 Å². The molecular formula is C13H20N2O5. The van der Waals surface area contributed by atoms with Gasteiger partial charge in [-0.1, -0.05) is 0 Å². The molecule has 2 amide bonds. The van der Waals surface area contributed by atoms with E-state index in [0.29, 0.717) is 30.4 Å². The van der Waals surface area contributed by atoms with Gasteiger partial charge >= 0.3 is 6.03 Å². The number of ether oxygens (including phenoxy) is 4. The summed E-state index contributed by atoms with van der Waals surface area (Å²) in [5, 5.41) is 5.22. The van der Waals surface area contributed by atoms with Crippen molar-refractivity contribution in [3.63, 3.8) is 0 Å². The second kappa shape index (κ2) is 9.00. The molecule has 0 aromatic heterocycles. The Labute approximate surface area is 118 Å². The maximum atomic E-state index is 11.6.